The van der Waals surface area contributed by atoms with Crippen LogP contribution in [0.2, 0.25) is 0 Å². The fraction of sp³-hybridized carbons (Fsp3) is 0.452. The summed E-state index contributed by atoms with van der Waals surface area (Å²) in [6, 6.07) is 16.7. The number of allylic oxidation sites excluding steroid dienone is 2. The van der Waals surface area contributed by atoms with E-state index in [0.717, 1.165) is 36.1 Å². The molecule has 39 heavy (non-hydrogen) atoms. The Morgan fingerprint density at radius 3 is 2.59 bits per heavy atom. The first-order valence-electron chi connectivity index (χ1n) is 13.7. The van der Waals surface area contributed by atoms with Crippen molar-refractivity contribution in [3.8, 4) is 5.75 Å². The van der Waals surface area contributed by atoms with Gasteiger partial charge in [0.15, 0.2) is 0 Å². The lowest BCUT2D eigenvalue weighted by atomic mass is 9.98. The van der Waals surface area contributed by atoms with Crippen LogP contribution in [-0.2, 0) is 32.1 Å². The van der Waals surface area contributed by atoms with Crippen molar-refractivity contribution >= 4 is 17.8 Å². The van der Waals surface area contributed by atoms with Crippen molar-refractivity contribution in [2.24, 2.45) is 5.92 Å². The number of hydrogen-bond donors (Lipinski definition) is 3. The van der Waals surface area contributed by atoms with Crippen molar-refractivity contribution in [1.82, 2.24) is 10.6 Å². The summed E-state index contributed by atoms with van der Waals surface area (Å²) in [5.41, 5.74) is 2.03. The van der Waals surface area contributed by atoms with Crippen molar-refractivity contribution < 1.29 is 29.0 Å². The summed E-state index contributed by atoms with van der Waals surface area (Å²) in [5.74, 6) is -0.656. The zero-order valence-electron chi connectivity index (χ0n) is 22.6. The molecule has 8 heteroatoms. The number of carbonyl (C=O) groups is 3. The van der Waals surface area contributed by atoms with Gasteiger partial charge >= 0.3 is 5.97 Å². The molecule has 3 atom stereocenters. The van der Waals surface area contributed by atoms with Crippen molar-refractivity contribution in [3.05, 3.63) is 77.9 Å². The Bertz CT molecular complexity index is 1070. The van der Waals surface area contributed by atoms with Crippen LogP contribution < -0.4 is 15.4 Å². The molecule has 2 aromatic rings. The second kappa shape index (κ2) is 16.3. The Morgan fingerprint density at radius 1 is 1.08 bits per heavy atom. The highest BCUT2D eigenvalue weighted by atomic mass is 16.5. The van der Waals surface area contributed by atoms with Crippen LogP contribution in [0.1, 0.15) is 56.6 Å². The normalized spacial score (nSPS) is 19.7. The maximum atomic E-state index is 12.9. The standard InChI is InChI=1S/C31H40N2O6/c1-23-21-39-30(36)13-9-4-2-3-8-12-26(31(37)32-23)19-29(35)33-27(20-34)18-24-14-16-28(17-15-24)38-22-25-10-6-5-7-11-25/h3,5-8,10-11,14-17,23,26-27,34H,2,4,9,12-13,18-22H2,1H3,(H,32,37)(H,33,35)/t23-,26+,27-/m0/s1. The summed E-state index contributed by atoms with van der Waals surface area (Å²) >= 11 is 0. The van der Waals surface area contributed by atoms with Gasteiger partial charge in [-0.1, -0.05) is 54.6 Å². The largest absolute Gasteiger partial charge is 0.489 e. The second-order valence-electron chi connectivity index (χ2n) is 10.0. The molecule has 2 aromatic carbocycles. The number of ether oxygens (including phenoxy) is 2. The molecule has 0 aromatic heterocycles. The van der Waals surface area contributed by atoms with E-state index in [9.17, 15) is 19.5 Å². The fourth-order valence-corrected chi connectivity index (χ4v) is 4.30. The molecule has 3 N–H and O–H groups in total. The molecule has 0 saturated carbocycles. The molecule has 0 unspecified atom stereocenters. The molecule has 3 rings (SSSR count). The molecule has 210 valence electrons. The zero-order chi connectivity index (χ0) is 27.9. The lowest BCUT2D eigenvalue weighted by Gasteiger charge is -2.21. The molecule has 0 saturated heterocycles. The molecule has 8 nitrogen and oxygen atoms in total. The Hall–Kier alpha value is -3.65. The van der Waals surface area contributed by atoms with Crippen LogP contribution in [0.4, 0.5) is 0 Å². The van der Waals surface area contributed by atoms with Gasteiger partial charge in [-0.15, -0.1) is 0 Å². The minimum Gasteiger partial charge on any atom is -0.489 e. The number of nitrogens with one attached hydrogen (secondary N) is 2. The molecular formula is C31H40N2O6. The fourth-order valence-electron chi connectivity index (χ4n) is 4.30. The van der Waals surface area contributed by atoms with E-state index in [1.54, 1.807) is 6.92 Å². The van der Waals surface area contributed by atoms with E-state index in [1.165, 1.54) is 0 Å². The molecule has 2 amide bonds. The molecule has 0 fully saturated rings. The third-order valence-electron chi connectivity index (χ3n) is 6.51. The molecule has 0 aliphatic carbocycles. The van der Waals surface area contributed by atoms with Crippen molar-refractivity contribution in [2.75, 3.05) is 13.2 Å². The van der Waals surface area contributed by atoms with E-state index in [-0.39, 0.29) is 43.5 Å². The molecule has 1 heterocycles. The Balaban J connectivity index is 1.52. The van der Waals surface area contributed by atoms with Gasteiger partial charge < -0.3 is 25.2 Å². The van der Waals surface area contributed by atoms with Crippen molar-refractivity contribution in [1.29, 1.82) is 0 Å². The molecule has 0 bridgehead atoms. The number of esters is 1. The number of aliphatic hydroxyl groups is 1. The van der Waals surface area contributed by atoms with Gasteiger partial charge in [-0.05, 0) is 62.3 Å². The van der Waals surface area contributed by atoms with Gasteiger partial charge in [0, 0.05) is 12.8 Å². The Morgan fingerprint density at radius 2 is 1.85 bits per heavy atom. The van der Waals surface area contributed by atoms with E-state index in [2.05, 4.69) is 10.6 Å². The van der Waals surface area contributed by atoms with Crippen LogP contribution >= 0.6 is 0 Å². The summed E-state index contributed by atoms with van der Waals surface area (Å²) in [5, 5.41) is 15.6. The summed E-state index contributed by atoms with van der Waals surface area (Å²) in [6.45, 7) is 2.12. The van der Waals surface area contributed by atoms with Crippen LogP contribution in [0.15, 0.2) is 66.7 Å². The summed E-state index contributed by atoms with van der Waals surface area (Å²) in [4.78, 5) is 37.6. The van der Waals surface area contributed by atoms with Gasteiger partial charge in [0.25, 0.3) is 0 Å². The summed E-state index contributed by atoms with van der Waals surface area (Å²) in [6.07, 6.45) is 7.56. The SMILES string of the molecule is C[C@H]1COC(=O)CCCCC=CC[C@H](CC(=O)N[C@H](CO)Cc2ccc(OCc3ccccc3)cc2)C(=O)N1. The predicted octanol–water partition coefficient (Wildman–Crippen LogP) is 3.86. The topological polar surface area (TPSA) is 114 Å². The number of hydrogen-bond acceptors (Lipinski definition) is 6. The first-order chi connectivity index (χ1) is 18.9. The molecular weight excluding hydrogens is 496 g/mol. The predicted molar refractivity (Wildman–Crippen MR) is 149 cm³/mol. The van der Waals surface area contributed by atoms with Gasteiger partial charge in [0.1, 0.15) is 19.0 Å². The average molecular weight is 537 g/mol. The maximum Gasteiger partial charge on any atom is 0.305 e. The van der Waals surface area contributed by atoms with Crippen LogP contribution in [-0.4, -0.2) is 48.2 Å². The summed E-state index contributed by atoms with van der Waals surface area (Å²) < 4.78 is 11.1. The second-order valence-corrected chi connectivity index (χ2v) is 10.0. The average Bonchev–Trinajstić information content (AvgIpc) is 2.94. The Labute approximate surface area is 230 Å². The van der Waals surface area contributed by atoms with E-state index >= 15 is 0 Å². The van der Waals surface area contributed by atoms with Crippen LogP contribution in [0.3, 0.4) is 0 Å². The smallest absolute Gasteiger partial charge is 0.305 e. The van der Waals surface area contributed by atoms with E-state index in [4.69, 9.17) is 9.47 Å². The van der Waals surface area contributed by atoms with Crippen molar-refractivity contribution in [3.63, 3.8) is 0 Å². The minimum atomic E-state index is -0.567. The molecule has 0 spiro atoms. The number of amides is 2. The highest BCUT2D eigenvalue weighted by Gasteiger charge is 2.24. The van der Waals surface area contributed by atoms with Crippen LogP contribution in [0.5, 0.6) is 5.75 Å². The molecule has 1 aliphatic rings. The maximum absolute atomic E-state index is 12.9. The zero-order valence-corrected chi connectivity index (χ0v) is 22.6. The monoisotopic (exact) mass is 536 g/mol. The lowest BCUT2D eigenvalue weighted by Crippen LogP contribution is -2.44. The number of aliphatic hydroxyl groups excluding tert-OH is 1. The third kappa shape index (κ3) is 11.3. The number of carbonyl (C=O) groups excluding carboxylic acids is 3. The highest BCUT2D eigenvalue weighted by Crippen LogP contribution is 2.17. The van der Waals surface area contributed by atoms with Gasteiger partial charge in [-0.2, -0.15) is 0 Å². The molecule has 1 aliphatic heterocycles. The van der Waals surface area contributed by atoms with Gasteiger partial charge in [0.05, 0.1) is 24.6 Å². The molecule has 0 radical (unpaired) electrons. The minimum absolute atomic E-state index is 0.00849. The van der Waals surface area contributed by atoms with Crippen molar-refractivity contribution in [2.45, 2.75) is 70.6 Å². The van der Waals surface area contributed by atoms with Gasteiger partial charge in [-0.25, -0.2) is 0 Å². The van der Waals surface area contributed by atoms with E-state index in [1.807, 2.05) is 66.7 Å². The van der Waals surface area contributed by atoms with Gasteiger partial charge in [0.2, 0.25) is 11.8 Å². The first kappa shape index (κ1) is 29.9. The quantitative estimate of drug-likeness (QED) is 0.331. The Kier molecular flexibility index (Phi) is 12.5. The third-order valence-corrected chi connectivity index (χ3v) is 6.51. The van der Waals surface area contributed by atoms with E-state index < -0.39 is 12.0 Å². The first-order valence-corrected chi connectivity index (χ1v) is 13.7. The number of rotatable bonds is 9. The van der Waals surface area contributed by atoms with Gasteiger partial charge in [-0.3, -0.25) is 14.4 Å². The van der Waals surface area contributed by atoms with E-state index in [0.29, 0.717) is 25.9 Å². The number of benzene rings is 2. The number of cyclic esters (lactones) is 1. The highest BCUT2D eigenvalue weighted by molar-refractivity contribution is 5.86. The van der Waals surface area contributed by atoms with Crippen LogP contribution in [0, 0.1) is 5.92 Å². The summed E-state index contributed by atoms with van der Waals surface area (Å²) in [7, 11) is 0. The van der Waals surface area contributed by atoms with Crippen LogP contribution in [0.25, 0.3) is 0 Å². The lowest BCUT2D eigenvalue weighted by molar-refractivity contribution is -0.145.